The van der Waals surface area contributed by atoms with Crippen molar-refractivity contribution in [3.63, 3.8) is 0 Å². The summed E-state index contributed by atoms with van der Waals surface area (Å²) in [4.78, 5) is 0. The SMILES string of the molecule is COCCn1c(CN)nnc1C(F)F. The maximum absolute atomic E-state index is 12.4. The summed E-state index contributed by atoms with van der Waals surface area (Å²) in [5, 5.41) is 6.93. The average molecular weight is 206 g/mol. The highest BCUT2D eigenvalue weighted by atomic mass is 19.3. The molecule has 5 nitrogen and oxygen atoms in total. The molecule has 0 fully saturated rings. The zero-order chi connectivity index (χ0) is 10.6. The molecule has 0 radical (unpaired) electrons. The van der Waals surface area contributed by atoms with E-state index in [0.717, 1.165) is 0 Å². The van der Waals surface area contributed by atoms with Crippen LogP contribution >= 0.6 is 0 Å². The first-order chi connectivity index (χ1) is 6.70. The van der Waals surface area contributed by atoms with E-state index < -0.39 is 6.43 Å². The van der Waals surface area contributed by atoms with E-state index in [4.69, 9.17) is 10.5 Å². The smallest absolute Gasteiger partial charge is 0.297 e. The second-order valence-corrected chi connectivity index (χ2v) is 2.62. The number of halogens is 2. The molecule has 0 aliphatic rings. The number of nitrogens with zero attached hydrogens (tertiary/aromatic N) is 3. The van der Waals surface area contributed by atoms with Crippen LogP contribution in [0.1, 0.15) is 18.1 Å². The van der Waals surface area contributed by atoms with Gasteiger partial charge in [0.25, 0.3) is 6.43 Å². The predicted molar refractivity (Wildman–Crippen MR) is 44.7 cm³/mol. The van der Waals surface area contributed by atoms with E-state index in [2.05, 4.69) is 10.2 Å². The van der Waals surface area contributed by atoms with Crippen LogP contribution in [0, 0.1) is 0 Å². The summed E-state index contributed by atoms with van der Waals surface area (Å²) in [6.45, 7) is 0.698. The fraction of sp³-hybridized carbons (Fsp3) is 0.714. The molecule has 0 amide bonds. The summed E-state index contributed by atoms with van der Waals surface area (Å²) in [5.41, 5.74) is 5.33. The summed E-state index contributed by atoms with van der Waals surface area (Å²) in [6, 6.07) is 0. The van der Waals surface area contributed by atoms with Crippen molar-refractivity contribution in [3.05, 3.63) is 11.6 Å². The van der Waals surface area contributed by atoms with Crippen molar-refractivity contribution in [2.75, 3.05) is 13.7 Å². The first-order valence-corrected chi connectivity index (χ1v) is 4.09. The molecule has 2 N–H and O–H groups in total. The van der Waals surface area contributed by atoms with Crippen molar-refractivity contribution in [2.45, 2.75) is 19.5 Å². The van der Waals surface area contributed by atoms with Crippen LogP contribution < -0.4 is 5.73 Å². The third kappa shape index (κ3) is 2.24. The van der Waals surface area contributed by atoms with Gasteiger partial charge in [-0.3, -0.25) is 0 Å². The van der Waals surface area contributed by atoms with Gasteiger partial charge in [0.1, 0.15) is 5.82 Å². The number of ether oxygens (including phenoxy) is 1. The Labute approximate surface area is 79.9 Å². The Morgan fingerprint density at radius 1 is 1.50 bits per heavy atom. The lowest BCUT2D eigenvalue weighted by molar-refractivity contribution is 0.128. The summed E-state index contributed by atoms with van der Waals surface area (Å²) in [7, 11) is 1.49. The highest BCUT2D eigenvalue weighted by molar-refractivity contribution is 4.96. The summed E-state index contributed by atoms with van der Waals surface area (Å²) >= 11 is 0. The molecule has 0 saturated heterocycles. The summed E-state index contributed by atoms with van der Waals surface area (Å²) < 4.78 is 30.9. The minimum atomic E-state index is -2.64. The van der Waals surface area contributed by atoms with E-state index in [1.54, 1.807) is 0 Å². The topological polar surface area (TPSA) is 66.0 Å². The van der Waals surface area contributed by atoms with Gasteiger partial charge in [0.05, 0.1) is 13.2 Å². The second kappa shape index (κ2) is 4.97. The monoisotopic (exact) mass is 206 g/mol. The van der Waals surface area contributed by atoms with Gasteiger partial charge in [-0.25, -0.2) is 8.78 Å². The van der Waals surface area contributed by atoms with Gasteiger partial charge in [-0.15, -0.1) is 10.2 Å². The highest BCUT2D eigenvalue weighted by Gasteiger charge is 2.18. The number of nitrogens with two attached hydrogens (primary N) is 1. The average Bonchev–Trinajstić information content (AvgIpc) is 2.57. The van der Waals surface area contributed by atoms with E-state index in [-0.39, 0.29) is 18.9 Å². The Morgan fingerprint density at radius 3 is 2.71 bits per heavy atom. The quantitative estimate of drug-likeness (QED) is 0.753. The van der Waals surface area contributed by atoms with E-state index in [9.17, 15) is 8.78 Å². The Balaban J connectivity index is 2.88. The van der Waals surface area contributed by atoms with E-state index >= 15 is 0 Å². The Kier molecular flexibility index (Phi) is 3.90. The molecule has 80 valence electrons. The molecule has 0 atom stereocenters. The lowest BCUT2D eigenvalue weighted by Gasteiger charge is -2.07. The van der Waals surface area contributed by atoms with Crippen LogP contribution in [-0.4, -0.2) is 28.5 Å². The molecule has 0 spiro atoms. The van der Waals surface area contributed by atoms with E-state index in [1.165, 1.54) is 11.7 Å². The van der Waals surface area contributed by atoms with Crippen LogP contribution in [0.5, 0.6) is 0 Å². The predicted octanol–water partition coefficient (Wildman–Crippen LogP) is 0.321. The van der Waals surface area contributed by atoms with Crippen molar-refractivity contribution < 1.29 is 13.5 Å². The number of hydrogen-bond donors (Lipinski definition) is 1. The van der Waals surface area contributed by atoms with Gasteiger partial charge in [0.15, 0.2) is 5.82 Å². The lowest BCUT2D eigenvalue weighted by atomic mass is 10.5. The molecule has 1 heterocycles. The molecule has 1 rings (SSSR count). The Morgan fingerprint density at radius 2 is 2.21 bits per heavy atom. The lowest BCUT2D eigenvalue weighted by Crippen LogP contribution is -2.14. The maximum atomic E-state index is 12.4. The number of aromatic nitrogens is 3. The Hall–Kier alpha value is -1.08. The molecule has 14 heavy (non-hydrogen) atoms. The molecule has 0 saturated carbocycles. The molecule has 0 unspecified atom stereocenters. The van der Waals surface area contributed by atoms with Crippen molar-refractivity contribution in [2.24, 2.45) is 5.73 Å². The van der Waals surface area contributed by atoms with Gasteiger partial charge < -0.3 is 15.0 Å². The number of hydrogen-bond acceptors (Lipinski definition) is 4. The van der Waals surface area contributed by atoms with Gasteiger partial charge in [0, 0.05) is 13.7 Å². The third-order valence-corrected chi connectivity index (χ3v) is 1.75. The van der Waals surface area contributed by atoms with Gasteiger partial charge in [0.2, 0.25) is 0 Å². The summed E-state index contributed by atoms with van der Waals surface area (Å²) in [6.07, 6.45) is -2.64. The maximum Gasteiger partial charge on any atom is 0.297 e. The molecule has 0 bridgehead atoms. The fourth-order valence-corrected chi connectivity index (χ4v) is 1.09. The minimum absolute atomic E-state index is 0.0867. The normalized spacial score (nSPS) is 11.2. The van der Waals surface area contributed by atoms with Gasteiger partial charge >= 0.3 is 0 Å². The third-order valence-electron chi connectivity index (χ3n) is 1.75. The molecule has 1 aromatic heterocycles. The molecule has 0 aliphatic heterocycles. The largest absolute Gasteiger partial charge is 0.383 e. The molecular weight excluding hydrogens is 194 g/mol. The molecule has 0 aromatic carbocycles. The zero-order valence-electron chi connectivity index (χ0n) is 7.78. The number of rotatable bonds is 5. The van der Waals surface area contributed by atoms with Crippen LogP contribution in [0.25, 0.3) is 0 Å². The second-order valence-electron chi connectivity index (χ2n) is 2.62. The minimum Gasteiger partial charge on any atom is -0.383 e. The van der Waals surface area contributed by atoms with Gasteiger partial charge in [-0.05, 0) is 0 Å². The Bertz CT molecular complexity index is 289. The number of methoxy groups -OCH3 is 1. The van der Waals surface area contributed by atoms with Crippen LogP contribution in [0.4, 0.5) is 8.78 Å². The van der Waals surface area contributed by atoms with E-state index in [0.29, 0.717) is 12.4 Å². The molecule has 1 aromatic rings. The van der Waals surface area contributed by atoms with Crippen LogP contribution in [0.2, 0.25) is 0 Å². The molecule has 0 aliphatic carbocycles. The van der Waals surface area contributed by atoms with Crippen LogP contribution in [-0.2, 0) is 17.8 Å². The number of alkyl halides is 2. The van der Waals surface area contributed by atoms with E-state index in [1.807, 2.05) is 0 Å². The first kappa shape index (κ1) is 11.0. The van der Waals surface area contributed by atoms with Gasteiger partial charge in [-0.1, -0.05) is 0 Å². The standard InChI is InChI=1S/C7H12F2N4O/c1-14-3-2-13-5(4-10)11-12-7(13)6(8)9/h6H,2-4,10H2,1H3. The zero-order valence-corrected chi connectivity index (χ0v) is 7.78. The first-order valence-electron chi connectivity index (χ1n) is 4.09. The van der Waals surface area contributed by atoms with Crippen LogP contribution in [0.3, 0.4) is 0 Å². The highest BCUT2D eigenvalue weighted by Crippen LogP contribution is 2.17. The molecule has 7 heteroatoms. The molecular formula is C7H12F2N4O. The summed E-state index contributed by atoms with van der Waals surface area (Å²) in [5.74, 6) is -0.0140. The van der Waals surface area contributed by atoms with Crippen LogP contribution in [0.15, 0.2) is 0 Å². The van der Waals surface area contributed by atoms with Crippen molar-refractivity contribution >= 4 is 0 Å². The van der Waals surface area contributed by atoms with Crippen molar-refractivity contribution in [3.8, 4) is 0 Å². The van der Waals surface area contributed by atoms with Crippen molar-refractivity contribution in [1.82, 2.24) is 14.8 Å². The fourth-order valence-electron chi connectivity index (χ4n) is 1.09. The van der Waals surface area contributed by atoms with Crippen molar-refractivity contribution in [1.29, 1.82) is 0 Å². The van der Waals surface area contributed by atoms with Gasteiger partial charge in [-0.2, -0.15) is 0 Å².